The third kappa shape index (κ3) is 2.72. The number of benzene rings is 1. The van der Waals surface area contributed by atoms with Crippen molar-refractivity contribution in [2.75, 3.05) is 13.7 Å². The number of halogens is 1. The molecule has 0 unspecified atom stereocenters. The Morgan fingerprint density at radius 3 is 2.79 bits per heavy atom. The summed E-state index contributed by atoms with van der Waals surface area (Å²) < 4.78 is 4.98. The van der Waals surface area contributed by atoms with Gasteiger partial charge in [0.25, 0.3) is 5.91 Å². The summed E-state index contributed by atoms with van der Waals surface area (Å²) in [7, 11) is 1.49. The molecule has 2 rings (SSSR count). The van der Waals surface area contributed by atoms with Crippen molar-refractivity contribution < 1.29 is 14.3 Å². The minimum absolute atomic E-state index is 0.142. The van der Waals surface area contributed by atoms with E-state index >= 15 is 0 Å². The summed E-state index contributed by atoms with van der Waals surface area (Å²) in [6, 6.07) is 6.66. The Morgan fingerprint density at radius 2 is 2.16 bits per heavy atom. The van der Waals surface area contributed by atoms with Crippen LogP contribution in [-0.2, 0) is 16.1 Å². The predicted octanol–water partition coefficient (Wildman–Crippen LogP) is 1.80. The molecular weight excluding hydrogens is 268 g/mol. The number of imide groups is 1. The van der Waals surface area contributed by atoms with Gasteiger partial charge in [0.1, 0.15) is 5.54 Å². The van der Waals surface area contributed by atoms with Crippen molar-refractivity contribution in [2.24, 2.45) is 0 Å². The highest BCUT2D eigenvalue weighted by Crippen LogP contribution is 2.21. The molecule has 0 radical (unpaired) electrons. The summed E-state index contributed by atoms with van der Waals surface area (Å²) in [6.45, 7) is 1.99. The molecule has 3 amide bonds. The topological polar surface area (TPSA) is 58.6 Å². The lowest BCUT2D eigenvalue weighted by Crippen LogP contribution is -2.47. The molecule has 1 aliphatic rings. The molecule has 0 spiro atoms. The SMILES string of the molecule is COC[C@@]1(C)NC(=O)N(Cc2cccc(Cl)c2)C1=O. The third-order valence-corrected chi connectivity index (χ3v) is 3.24. The molecule has 1 aliphatic heterocycles. The van der Waals surface area contributed by atoms with E-state index in [-0.39, 0.29) is 19.1 Å². The molecule has 5 nitrogen and oxygen atoms in total. The second-order valence-electron chi connectivity index (χ2n) is 4.72. The minimum atomic E-state index is -0.996. The van der Waals surface area contributed by atoms with Crippen molar-refractivity contribution in [2.45, 2.75) is 19.0 Å². The lowest BCUT2D eigenvalue weighted by molar-refractivity contribution is -0.132. The van der Waals surface area contributed by atoms with Crippen LogP contribution in [0.25, 0.3) is 0 Å². The first-order valence-electron chi connectivity index (χ1n) is 5.84. The summed E-state index contributed by atoms with van der Waals surface area (Å²) in [5.74, 6) is -0.292. The average Bonchev–Trinajstić information content (AvgIpc) is 2.54. The van der Waals surface area contributed by atoms with Crippen LogP contribution in [0.5, 0.6) is 0 Å². The summed E-state index contributed by atoms with van der Waals surface area (Å²) in [5.41, 5.74) is -0.192. The number of urea groups is 1. The number of hydrogen-bond donors (Lipinski definition) is 1. The number of nitrogens with zero attached hydrogens (tertiary/aromatic N) is 1. The van der Waals surface area contributed by atoms with Crippen LogP contribution in [0.3, 0.4) is 0 Å². The molecule has 1 heterocycles. The lowest BCUT2D eigenvalue weighted by Gasteiger charge is -2.20. The van der Waals surface area contributed by atoms with Crippen molar-refractivity contribution >= 4 is 23.5 Å². The van der Waals surface area contributed by atoms with Gasteiger partial charge in [0.2, 0.25) is 0 Å². The molecule has 1 aromatic carbocycles. The Morgan fingerprint density at radius 1 is 1.42 bits per heavy atom. The molecule has 0 aliphatic carbocycles. The van der Waals surface area contributed by atoms with E-state index in [4.69, 9.17) is 16.3 Å². The molecule has 1 aromatic rings. The maximum absolute atomic E-state index is 12.2. The van der Waals surface area contributed by atoms with E-state index in [0.29, 0.717) is 5.02 Å². The van der Waals surface area contributed by atoms with Crippen LogP contribution in [-0.4, -0.2) is 36.1 Å². The average molecular weight is 283 g/mol. The maximum atomic E-state index is 12.2. The fourth-order valence-electron chi connectivity index (χ4n) is 2.10. The normalized spacial score (nSPS) is 22.8. The number of methoxy groups -OCH3 is 1. The molecule has 1 fully saturated rings. The number of nitrogens with one attached hydrogen (secondary N) is 1. The summed E-state index contributed by atoms with van der Waals surface area (Å²) in [4.78, 5) is 25.3. The van der Waals surface area contributed by atoms with Crippen molar-refractivity contribution in [3.05, 3.63) is 34.9 Å². The van der Waals surface area contributed by atoms with Gasteiger partial charge in [0.15, 0.2) is 0 Å². The first-order valence-corrected chi connectivity index (χ1v) is 6.21. The quantitative estimate of drug-likeness (QED) is 0.857. The molecule has 1 atom stereocenters. The van der Waals surface area contributed by atoms with Crippen molar-refractivity contribution in [1.82, 2.24) is 10.2 Å². The zero-order valence-corrected chi connectivity index (χ0v) is 11.5. The van der Waals surface area contributed by atoms with Gasteiger partial charge in [0.05, 0.1) is 13.2 Å². The zero-order valence-electron chi connectivity index (χ0n) is 10.8. The largest absolute Gasteiger partial charge is 0.382 e. The van der Waals surface area contributed by atoms with Crippen molar-refractivity contribution in [3.63, 3.8) is 0 Å². The smallest absolute Gasteiger partial charge is 0.325 e. The first-order chi connectivity index (χ1) is 8.96. The van der Waals surface area contributed by atoms with Crippen LogP contribution in [0.15, 0.2) is 24.3 Å². The Balaban J connectivity index is 2.17. The Labute approximate surface area is 116 Å². The van der Waals surface area contributed by atoms with E-state index in [2.05, 4.69) is 5.32 Å². The second-order valence-corrected chi connectivity index (χ2v) is 5.15. The van der Waals surface area contributed by atoms with Crippen LogP contribution < -0.4 is 5.32 Å². The predicted molar refractivity (Wildman–Crippen MR) is 70.8 cm³/mol. The number of carbonyl (C=O) groups excluding carboxylic acids is 2. The number of ether oxygens (including phenoxy) is 1. The van der Waals surface area contributed by atoms with Gasteiger partial charge in [-0.15, -0.1) is 0 Å². The molecule has 0 bridgehead atoms. The zero-order chi connectivity index (χ0) is 14.0. The summed E-state index contributed by atoms with van der Waals surface area (Å²) in [6.07, 6.45) is 0. The molecule has 6 heteroatoms. The van der Waals surface area contributed by atoms with E-state index in [1.807, 2.05) is 6.07 Å². The minimum Gasteiger partial charge on any atom is -0.382 e. The highest BCUT2D eigenvalue weighted by molar-refractivity contribution is 6.30. The molecular formula is C13H15ClN2O3. The Kier molecular flexibility index (Phi) is 3.78. The summed E-state index contributed by atoms with van der Waals surface area (Å²) >= 11 is 5.88. The first kappa shape index (κ1) is 13.8. The lowest BCUT2D eigenvalue weighted by atomic mass is 10.0. The van der Waals surface area contributed by atoms with Gasteiger partial charge in [-0.05, 0) is 24.6 Å². The Bertz CT molecular complexity index is 520. The van der Waals surface area contributed by atoms with Gasteiger partial charge < -0.3 is 10.1 Å². The number of carbonyl (C=O) groups is 2. The molecule has 1 saturated heterocycles. The van der Waals surface area contributed by atoms with Crippen molar-refractivity contribution in [3.8, 4) is 0 Å². The van der Waals surface area contributed by atoms with E-state index in [0.717, 1.165) is 5.56 Å². The van der Waals surface area contributed by atoms with Crippen molar-refractivity contribution in [1.29, 1.82) is 0 Å². The molecule has 1 N–H and O–H groups in total. The fourth-order valence-corrected chi connectivity index (χ4v) is 2.31. The number of rotatable bonds is 4. The number of amides is 3. The molecule has 102 valence electrons. The fraction of sp³-hybridized carbons (Fsp3) is 0.385. The van der Waals surface area contributed by atoms with Gasteiger partial charge in [-0.25, -0.2) is 4.79 Å². The van der Waals surface area contributed by atoms with E-state index < -0.39 is 11.6 Å². The van der Waals surface area contributed by atoms with E-state index in [1.165, 1.54) is 12.0 Å². The van der Waals surface area contributed by atoms with E-state index in [9.17, 15) is 9.59 Å². The van der Waals surface area contributed by atoms with Gasteiger partial charge in [-0.3, -0.25) is 9.69 Å². The Hall–Kier alpha value is -1.59. The highest BCUT2D eigenvalue weighted by atomic mass is 35.5. The number of hydrogen-bond acceptors (Lipinski definition) is 3. The standard InChI is InChI=1S/C13H15ClN2O3/c1-13(8-19-2)11(17)16(12(18)15-13)7-9-4-3-5-10(14)6-9/h3-6H,7-8H2,1-2H3,(H,15,18)/t13-/m1/s1. The van der Waals surface area contributed by atoms with Crippen LogP contribution in [0.2, 0.25) is 5.02 Å². The monoisotopic (exact) mass is 282 g/mol. The van der Waals surface area contributed by atoms with Gasteiger partial charge in [0, 0.05) is 12.1 Å². The molecule has 19 heavy (non-hydrogen) atoms. The van der Waals surface area contributed by atoms with Gasteiger partial charge in [-0.2, -0.15) is 0 Å². The second kappa shape index (κ2) is 5.19. The van der Waals surface area contributed by atoms with Crippen LogP contribution in [0, 0.1) is 0 Å². The maximum Gasteiger partial charge on any atom is 0.325 e. The van der Waals surface area contributed by atoms with Gasteiger partial charge >= 0.3 is 6.03 Å². The third-order valence-electron chi connectivity index (χ3n) is 3.01. The van der Waals surface area contributed by atoms with Crippen LogP contribution in [0.4, 0.5) is 4.79 Å². The summed E-state index contributed by atoms with van der Waals surface area (Å²) in [5, 5.41) is 3.22. The van der Waals surface area contributed by atoms with Gasteiger partial charge in [-0.1, -0.05) is 23.7 Å². The van der Waals surface area contributed by atoms with Crippen LogP contribution in [0.1, 0.15) is 12.5 Å². The molecule has 0 aromatic heterocycles. The highest BCUT2D eigenvalue weighted by Gasteiger charge is 2.47. The van der Waals surface area contributed by atoms with E-state index in [1.54, 1.807) is 25.1 Å². The van der Waals surface area contributed by atoms with Crippen LogP contribution >= 0.6 is 11.6 Å². The molecule has 0 saturated carbocycles.